The minimum absolute atomic E-state index is 0.0346. The van der Waals surface area contributed by atoms with Crippen LogP contribution in [0.5, 0.6) is 0 Å². The molecule has 0 saturated carbocycles. The molecule has 1 aliphatic rings. The first-order valence-corrected chi connectivity index (χ1v) is 7.69. The Labute approximate surface area is 138 Å². The Morgan fingerprint density at radius 2 is 2.08 bits per heavy atom. The van der Waals surface area contributed by atoms with E-state index in [1.165, 1.54) is 18.2 Å². The van der Waals surface area contributed by atoms with Crippen LogP contribution in [0, 0.1) is 5.82 Å². The van der Waals surface area contributed by atoms with Crippen molar-refractivity contribution in [1.82, 2.24) is 4.98 Å². The number of nitrogens with one attached hydrogen (secondary N) is 1. The molecule has 6 nitrogen and oxygen atoms in total. The Morgan fingerprint density at radius 3 is 2.83 bits per heavy atom. The number of halogens is 1. The summed E-state index contributed by atoms with van der Waals surface area (Å²) in [6.07, 6.45) is 0. The van der Waals surface area contributed by atoms with Crippen molar-refractivity contribution < 1.29 is 19.0 Å². The lowest BCUT2D eigenvalue weighted by molar-refractivity contribution is 0.0690. The number of carboxylic acid groups (broad SMARTS) is 1. The van der Waals surface area contributed by atoms with E-state index in [-0.39, 0.29) is 11.5 Å². The van der Waals surface area contributed by atoms with E-state index in [0.29, 0.717) is 25.6 Å². The molecular formula is C17H18FN3O3. The van der Waals surface area contributed by atoms with Crippen LogP contribution in [0.1, 0.15) is 16.1 Å². The monoisotopic (exact) mass is 331 g/mol. The van der Waals surface area contributed by atoms with E-state index in [1.54, 1.807) is 18.2 Å². The summed E-state index contributed by atoms with van der Waals surface area (Å²) >= 11 is 0. The Bertz CT molecular complexity index is 733. The number of carboxylic acids is 1. The Hall–Kier alpha value is -2.67. The number of aromatic carboxylic acids is 1. The molecule has 2 aromatic rings. The maximum absolute atomic E-state index is 13.6. The summed E-state index contributed by atoms with van der Waals surface area (Å²) in [7, 11) is 0. The number of ether oxygens (including phenoxy) is 1. The van der Waals surface area contributed by atoms with Gasteiger partial charge in [-0.2, -0.15) is 0 Å². The molecule has 3 rings (SSSR count). The van der Waals surface area contributed by atoms with Crippen LogP contribution >= 0.6 is 0 Å². The fourth-order valence-corrected chi connectivity index (χ4v) is 2.65. The van der Waals surface area contributed by atoms with E-state index >= 15 is 0 Å². The number of aromatic nitrogens is 1. The summed E-state index contributed by atoms with van der Waals surface area (Å²) in [6, 6.07) is 9.41. The fourth-order valence-electron chi connectivity index (χ4n) is 2.65. The highest BCUT2D eigenvalue weighted by atomic mass is 19.1. The van der Waals surface area contributed by atoms with Crippen LogP contribution in [0.15, 0.2) is 36.4 Å². The van der Waals surface area contributed by atoms with Gasteiger partial charge in [-0.3, -0.25) is 0 Å². The number of carbonyl (C=O) groups is 1. The van der Waals surface area contributed by atoms with Crippen LogP contribution in [0.4, 0.5) is 15.9 Å². The molecular weight excluding hydrogens is 313 g/mol. The van der Waals surface area contributed by atoms with Gasteiger partial charge < -0.3 is 20.1 Å². The molecule has 0 aliphatic carbocycles. The van der Waals surface area contributed by atoms with Gasteiger partial charge in [-0.05, 0) is 35.9 Å². The maximum Gasteiger partial charge on any atom is 0.354 e. The average Bonchev–Trinajstić information content (AvgIpc) is 2.61. The molecule has 0 unspecified atom stereocenters. The molecule has 1 aromatic heterocycles. The molecule has 24 heavy (non-hydrogen) atoms. The third kappa shape index (κ3) is 3.80. The van der Waals surface area contributed by atoms with Crippen LogP contribution in [0.3, 0.4) is 0 Å². The van der Waals surface area contributed by atoms with Crippen LogP contribution in [0.2, 0.25) is 0 Å². The van der Waals surface area contributed by atoms with Gasteiger partial charge in [0.25, 0.3) is 0 Å². The smallest absolute Gasteiger partial charge is 0.354 e. The van der Waals surface area contributed by atoms with E-state index in [9.17, 15) is 9.18 Å². The highest BCUT2D eigenvalue weighted by Gasteiger charge is 2.15. The first-order chi connectivity index (χ1) is 11.6. The normalized spacial score (nSPS) is 14.5. The molecule has 1 fully saturated rings. The number of hydrogen-bond acceptors (Lipinski definition) is 5. The van der Waals surface area contributed by atoms with Crippen LogP contribution in [-0.2, 0) is 11.3 Å². The van der Waals surface area contributed by atoms with Crippen LogP contribution in [-0.4, -0.2) is 42.4 Å². The number of rotatable bonds is 5. The number of benzene rings is 1. The first-order valence-electron chi connectivity index (χ1n) is 7.69. The minimum atomic E-state index is -1.08. The fraction of sp³-hybridized carbons (Fsp3) is 0.294. The van der Waals surface area contributed by atoms with Gasteiger partial charge in [-0.1, -0.05) is 6.07 Å². The number of morpholine rings is 1. The second kappa shape index (κ2) is 7.27. The Kier molecular flexibility index (Phi) is 4.90. The third-order valence-corrected chi connectivity index (χ3v) is 3.82. The molecule has 1 aromatic carbocycles. The lowest BCUT2D eigenvalue weighted by Gasteiger charge is -2.30. The summed E-state index contributed by atoms with van der Waals surface area (Å²) in [4.78, 5) is 17.1. The summed E-state index contributed by atoms with van der Waals surface area (Å²) < 4.78 is 19.0. The predicted octanol–water partition coefficient (Wildman–Crippen LogP) is 2.37. The summed E-state index contributed by atoms with van der Waals surface area (Å²) in [5.74, 6) is -0.957. The number of hydrogen-bond donors (Lipinski definition) is 2. The first kappa shape index (κ1) is 16.2. The Balaban J connectivity index is 1.78. The number of nitrogens with zero attached hydrogens (tertiary/aromatic N) is 2. The van der Waals surface area contributed by atoms with Crippen LogP contribution in [0.25, 0.3) is 0 Å². The van der Waals surface area contributed by atoms with Gasteiger partial charge in [0.05, 0.1) is 13.2 Å². The van der Waals surface area contributed by atoms with Crippen molar-refractivity contribution >= 4 is 17.5 Å². The van der Waals surface area contributed by atoms with Crippen molar-refractivity contribution in [2.45, 2.75) is 6.54 Å². The number of pyridine rings is 1. The zero-order valence-corrected chi connectivity index (χ0v) is 13.0. The van der Waals surface area contributed by atoms with E-state index in [2.05, 4.69) is 15.2 Å². The van der Waals surface area contributed by atoms with Crippen molar-refractivity contribution in [2.24, 2.45) is 0 Å². The lowest BCUT2D eigenvalue weighted by Crippen LogP contribution is -2.37. The quantitative estimate of drug-likeness (QED) is 0.876. The van der Waals surface area contributed by atoms with Crippen molar-refractivity contribution in [3.05, 3.63) is 53.5 Å². The minimum Gasteiger partial charge on any atom is -0.477 e. The highest BCUT2D eigenvalue weighted by Crippen LogP contribution is 2.23. The van der Waals surface area contributed by atoms with Crippen molar-refractivity contribution in [3.8, 4) is 0 Å². The van der Waals surface area contributed by atoms with Crippen LogP contribution < -0.4 is 10.2 Å². The van der Waals surface area contributed by atoms with Gasteiger partial charge in [0.2, 0.25) is 0 Å². The summed E-state index contributed by atoms with van der Waals surface area (Å²) in [5.41, 5.74) is 1.70. The van der Waals surface area contributed by atoms with Crippen molar-refractivity contribution in [1.29, 1.82) is 0 Å². The SMILES string of the molecule is O=C(O)c1cccc(NCc2cc(F)ccc2N2CCOCC2)n1. The standard InChI is InChI=1S/C17H18FN3O3/c18-13-4-5-15(21-6-8-24-9-7-21)12(10-13)11-19-16-3-1-2-14(20-16)17(22)23/h1-5,10H,6-9,11H2,(H,19,20)(H,22,23). The zero-order valence-electron chi connectivity index (χ0n) is 13.0. The summed E-state index contributed by atoms with van der Waals surface area (Å²) in [6.45, 7) is 3.15. The molecule has 1 aliphatic heterocycles. The zero-order chi connectivity index (χ0) is 16.9. The van der Waals surface area contributed by atoms with E-state index < -0.39 is 5.97 Å². The van der Waals surface area contributed by atoms with Crippen molar-refractivity contribution in [2.75, 3.05) is 36.5 Å². The van der Waals surface area contributed by atoms with E-state index in [1.807, 2.05) is 0 Å². The highest BCUT2D eigenvalue weighted by molar-refractivity contribution is 5.85. The Morgan fingerprint density at radius 1 is 1.29 bits per heavy atom. The molecule has 0 radical (unpaired) electrons. The maximum atomic E-state index is 13.6. The number of anilines is 2. The predicted molar refractivity (Wildman–Crippen MR) is 88.0 cm³/mol. The van der Waals surface area contributed by atoms with Gasteiger partial charge >= 0.3 is 5.97 Å². The topological polar surface area (TPSA) is 74.7 Å². The molecule has 2 heterocycles. The van der Waals surface area contributed by atoms with E-state index in [0.717, 1.165) is 24.3 Å². The molecule has 0 atom stereocenters. The molecule has 0 amide bonds. The van der Waals surface area contributed by atoms with Gasteiger partial charge in [0.1, 0.15) is 11.6 Å². The molecule has 2 N–H and O–H groups in total. The average molecular weight is 331 g/mol. The second-order valence-corrected chi connectivity index (χ2v) is 5.44. The van der Waals surface area contributed by atoms with Gasteiger partial charge in [-0.15, -0.1) is 0 Å². The molecule has 0 bridgehead atoms. The largest absolute Gasteiger partial charge is 0.477 e. The van der Waals surface area contributed by atoms with Gasteiger partial charge in [-0.25, -0.2) is 14.2 Å². The molecule has 1 saturated heterocycles. The van der Waals surface area contributed by atoms with Gasteiger partial charge in [0.15, 0.2) is 5.69 Å². The van der Waals surface area contributed by atoms with Crippen molar-refractivity contribution in [3.63, 3.8) is 0 Å². The molecule has 0 spiro atoms. The van der Waals surface area contributed by atoms with Gasteiger partial charge in [0, 0.05) is 25.3 Å². The summed E-state index contributed by atoms with van der Waals surface area (Å²) in [5, 5.41) is 12.1. The molecule has 126 valence electrons. The second-order valence-electron chi connectivity index (χ2n) is 5.44. The third-order valence-electron chi connectivity index (χ3n) is 3.82. The molecule has 7 heteroatoms. The lowest BCUT2D eigenvalue weighted by atomic mass is 10.1. The van der Waals surface area contributed by atoms with E-state index in [4.69, 9.17) is 9.84 Å².